The molecule has 0 bridgehead atoms. The minimum atomic E-state index is 0.404. The van der Waals surface area contributed by atoms with E-state index in [0.717, 1.165) is 12.8 Å². The maximum Gasteiger partial charge on any atom is 0.134 e. The van der Waals surface area contributed by atoms with Gasteiger partial charge in [0.05, 0.1) is 0 Å². The Kier molecular flexibility index (Phi) is 7.08. The molecule has 2 aromatic carbocycles. The van der Waals surface area contributed by atoms with Crippen molar-refractivity contribution >= 4 is 5.78 Å². The van der Waals surface area contributed by atoms with Crippen LogP contribution in [0.2, 0.25) is 0 Å². The summed E-state index contributed by atoms with van der Waals surface area (Å²) in [6, 6.07) is 17.9. The van der Waals surface area contributed by atoms with Crippen molar-refractivity contribution in [2.24, 2.45) is 11.8 Å². The first-order valence-electron chi connectivity index (χ1n) is 12.2. The molecule has 0 unspecified atom stereocenters. The maximum atomic E-state index is 13.5. The van der Waals surface area contributed by atoms with Gasteiger partial charge in [0.15, 0.2) is 0 Å². The number of Topliss-reactive ketones (excluding diaryl/α,β-unsaturated/α-hetero) is 1. The molecule has 2 atom stereocenters. The Bertz CT molecular complexity index is 769. The maximum absolute atomic E-state index is 13.5. The van der Waals surface area contributed by atoms with Gasteiger partial charge in [-0.05, 0) is 74.3 Å². The first-order valence-corrected chi connectivity index (χ1v) is 12.2. The Morgan fingerprint density at radius 2 is 1.13 bits per heavy atom. The van der Waals surface area contributed by atoms with Crippen LogP contribution in [0.25, 0.3) is 0 Å². The van der Waals surface area contributed by atoms with Crippen molar-refractivity contribution in [3.63, 3.8) is 0 Å². The molecule has 2 saturated carbocycles. The zero-order valence-corrected chi connectivity index (χ0v) is 18.9. The van der Waals surface area contributed by atoms with Crippen molar-refractivity contribution in [1.29, 1.82) is 0 Å². The number of rotatable bonds is 8. The van der Waals surface area contributed by atoms with Gasteiger partial charge in [0.2, 0.25) is 0 Å². The summed E-state index contributed by atoms with van der Waals surface area (Å²) in [6.45, 7) is 4.34. The summed E-state index contributed by atoms with van der Waals surface area (Å²) >= 11 is 0. The lowest BCUT2D eigenvalue weighted by molar-refractivity contribution is -0.120. The van der Waals surface area contributed by atoms with E-state index in [9.17, 15) is 4.79 Å². The highest BCUT2D eigenvalue weighted by Crippen LogP contribution is 2.43. The zero-order valence-electron chi connectivity index (χ0n) is 18.9. The van der Waals surface area contributed by atoms with Gasteiger partial charge in [-0.25, -0.2) is 0 Å². The van der Waals surface area contributed by atoms with Crippen LogP contribution in [0.1, 0.15) is 98.3 Å². The predicted octanol–water partition coefficient (Wildman–Crippen LogP) is 7.90. The van der Waals surface area contributed by atoms with Gasteiger partial charge < -0.3 is 0 Å². The van der Waals surface area contributed by atoms with E-state index in [4.69, 9.17) is 0 Å². The molecule has 2 aliphatic rings. The lowest BCUT2D eigenvalue weighted by Gasteiger charge is -2.27. The van der Waals surface area contributed by atoms with Gasteiger partial charge in [-0.2, -0.15) is 0 Å². The van der Waals surface area contributed by atoms with Crippen LogP contribution in [0.4, 0.5) is 0 Å². The molecule has 0 amide bonds. The lowest BCUT2D eigenvalue weighted by Crippen LogP contribution is -2.19. The normalized spacial score (nSPS) is 19.8. The molecule has 1 nitrogen and oxygen atoms in total. The molecule has 2 fully saturated rings. The number of hydrogen-bond donors (Lipinski definition) is 0. The van der Waals surface area contributed by atoms with Crippen LogP contribution < -0.4 is 0 Å². The Labute approximate surface area is 183 Å². The third-order valence-electron chi connectivity index (χ3n) is 7.77. The molecule has 1 heteroatoms. The quantitative estimate of drug-likeness (QED) is 0.438. The first-order chi connectivity index (χ1) is 14.6. The fraction of sp³-hybridized carbons (Fsp3) is 0.552. The van der Waals surface area contributed by atoms with Gasteiger partial charge in [0, 0.05) is 12.8 Å². The highest BCUT2D eigenvalue weighted by Gasteiger charge is 2.32. The summed E-state index contributed by atoms with van der Waals surface area (Å²) in [5.74, 6) is 2.65. The molecule has 2 aliphatic carbocycles. The highest BCUT2D eigenvalue weighted by molar-refractivity contribution is 5.80. The topological polar surface area (TPSA) is 17.1 Å². The zero-order chi connectivity index (χ0) is 20.9. The molecule has 0 N–H and O–H groups in total. The molecule has 0 spiro atoms. The summed E-state index contributed by atoms with van der Waals surface area (Å²) in [4.78, 5) is 13.5. The summed E-state index contributed by atoms with van der Waals surface area (Å²) in [5, 5.41) is 0. The lowest BCUT2D eigenvalue weighted by atomic mass is 9.77. The fourth-order valence-corrected chi connectivity index (χ4v) is 6.21. The molecule has 2 aromatic rings. The SMILES string of the molecule is Cc1cccc([C@H](CC(=O)C[C@@H](c2cccc(C)c2)C2CCCC2)C2CCCC2)c1. The average molecular weight is 403 g/mol. The Hall–Kier alpha value is -1.89. The molecule has 160 valence electrons. The van der Waals surface area contributed by atoms with Crippen LogP contribution in [0, 0.1) is 25.7 Å². The van der Waals surface area contributed by atoms with Crippen LogP contribution in [0.5, 0.6) is 0 Å². The Balaban J connectivity index is 1.53. The monoisotopic (exact) mass is 402 g/mol. The third kappa shape index (κ3) is 5.23. The van der Waals surface area contributed by atoms with E-state index < -0.39 is 0 Å². The van der Waals surface area contributed by atoms with Gasteiger partial charge in [0.1, 0.15) is 5.78 Å². The fourth-order valence-electron chi connectivity index (χ4n) is 6.21. The predicted molar refractivity (Wildman–Crippen MR) is 126 cm³/mol. The molecular formula is C29H38O. The standard InChI is InChI=1S/C29H38O/c1-21-9-7-15-25(17-21)28(23-11-3-4-12-23)19-27(30)20-29(24-13-5-6-14-24)26-16-8-10-22(2)18-26/h7-10,15-18,23-24,28-29H,3-6,11-14,19-20H2,1-2H3/t28-,29-/m1/s1. The molecule has 0 aliphatic heterocycles. The average Bonchev–Trinajstić information content (AvgIpc) is 3.44. The molecule has 0 heterocycles. The van der Waals surface area contributed by atoms with Crippen molar-refractivity contribution in [2.45, 2.75) is 89.9 Å². The molecular weight excluding hydrogens is 364 g/mol. The van der Waals surface area contributed by atoms with Crippen LogP contribution in [-0.2, 0) is 4.79 Å². The molecule has 0 radical (unpaired) electrons. The summed E-state index contributed by atoms with van der Waals surface area (Å²) in [7, 11) is 0. The Morgan fingerprint density at radius 1 is 0.733 bits per heavy atom. The smallest absolute Gasteiger partial charge is 0.134 e. The molecule has 0 saturated heterocycles. The second-order valence-corrected chi connectivity index (χ2v) is 10.1. The minimum Gasteiger partial charge on any atom is -0.300 e. The van der Waals surface area contributed by atoms with Crippen molar-refractivity contribution in [2.75, 3.05) is 0 Å². The van der Waals surface area contributed by atoms with E-state index >= 15 is 0 Å². The van der Waals surface area contributed by atoms with Gasteiger partial charge in [-0.15, -0.1) is 0 Å². The van der Waals surface area contributed by atoms with E-state index in [1.54, 1.807) is 0 Å². The van der Waals surface area contributed by atoms with Crippen molar-refractivity contribution < 1.29 is 4.79 Å². The van der Waals surface area contributed by atoms with E-state index in [-0.39, 0.29) is 0 Å². The van der Waals surface area contributed by atoms with Crippen molar-refractivity contribution in [3.05, 3.63) is 70.8 Å². The van der Waals surface area contributed by atoms with Crippen LogP contribution in [0.3, 0.4) is 0 Å². The van der Waals surface area contributed by atoms with Crippen LogP contribution in [-0.4, -0.2) is 5.78 Å². The van der Waals surface area contributed by atoms with E-state index in [0.29, 0.717) is 29.5 Å². The first kappa shape index (κ1) is 21.3. The number of carbonyl (C=O) groups is 1. The largest absolute Gasteiger partial charge is 0.300 e. The van der Waals surface area contributed by atoms with Crippen molar-refractivity contribution in [3.8, 4) is 0 Å². The van der Waals surface area contributed by atoms with E-state index in [1.807, 2.05) is 0 Å². The van der Waals surface area contributed by atoms with Gasteiger partial charge >= 0.3 is 0 Å². The third-order valence-corrected chi connectivity index (χ3v) is 7.77. The summed E-state index contributed by atoms with van der Waals surface area (Å²) in [6.07, 6.45) is 11.9. The van der Waals surface area contributed by atoms with Gasteiger partial charge in [-0.3, -0.25) is 4.79 Å². The minimum absolute atomic E-state index is 0.404. The van der Waals surface area contributed by atoms with Crippen LogP contribution in [0.15, 0.2) is 48.5 Å². The number of aryl methyl sites for hydroxylation is 2. The molecule has 4 rings (SSSR count). The number of benzene rings is 2. The highest BCUT2D eigenvalue weighted by atomic mass is 16.1. The number of ketones is 1. The molecule has 0 aromatic heterocycles. The Morgan fingerprint density at radius 3 is 1.50 bits per heavy atom. The van der Waals surface area contributed by atoms with Gasteiger partial charge in [-0.1, -0.05) is 85.3 Å². The number of carbonyl (C=O) groups excluding carboxylic acids is 1. The summed E-state index contributed by atoms with van der Waals surface area (Å²) in [5.41, 5.74) is 5.41. The molecule has 30 heavy (non-hydrogen) atoms. The van der Waals surface area contributed by atoms with Gasteiger partial charge in [0.25, 0.3) is 0 Å². The van der Waals surface area contributed by atoms with Crippen LogP contribution >= 0.6 is 0 Å². The second-order valence-electron chi connectivity index (χ2n) is 10.1. The summed E-state index contributed by atoms with van der Waals surface area (Å²) < 4.78 is 0. The second kappa shape index (κ2) is 9.94. The van der Waals surface area contributed by atoms with Crippen molar-refractivity contribution in [1.82, 2.24) is 0 Å². The van der Waals surface area contributed by atoms with E-state index in [1.165, 1.54) is 73.6 Å². The van der Waals surface area contributed by atoms with E-state index in [2.05, 4.69) is 62.4 Å². The number of hydrogen-bond acceptors (Lipinski definition) is 1.